The van der Waals surface area contributed by atoms with Crippen molar-refractivity contribution in [3.05, 3.63) is 39.4 Å². The van der Waals surface area contributed by atoms with Gasteiger partial charge in [0.1, 0.15) is 0 Å². The standard InChI is InChI=1S/C12H17N3O3/c1-8-4-5-9(15(17)18)6-10(8)11(16)14-7-12(2,3)13/h4-6H,7,13H2,1-3H3,(H,14,16). The van der Waals surface area contributed by atoms with Crippen molar-refractivity contribution in [3.63, 3.8) is 0 Å². The summed E-state index contributed by atoms with van der Waals surface area (Å²) in [5.41, 5.74) is 6.12. The van der Waals surface area contributed by atoms with Gasteiger partial charge < -0.3 is 11.1 Å². The zero-order chi connectivity index (χ0) is 13.9. The van der Waals surface area contributed by atoms with Crippen molar-refractivity contribution in [2.24, 2.45) is 5.73 Å². The first-order chi connectivity index (χ1) is 8.20. The van der Waals surface area contributed by atoms with E-state index in [-0.39, 0.29) is 11.6 Å². The number of non-ortho nitro benzene ring substituents is 1. The molecule has 0 fully saturated rings. The monoisotopic (exact) mass is 251 g/mol. The van der Waals surface area contributed by atoms with Crippen LogP contribution in [0.3, 0.4) is 0 Å². The number of aryl methyl sites for hydroxylation is 1. The number of nitro benzene ring substituents is 1. The fourth-order valence-corrected chi connectivity index (χ4v) is 1.37. The molecule has 1 aromatic rings. The molecule has 0 radical (unpaired) electrons. The number of carbonyl (C=O) groups excluding carboxylic acids is 1. The highest BCUT2D eigenvalue weighted by molar-refractivity contribution is 5.96. The number of carbonyl (C=O) groups is 1. The Balaban J connectivity index is 2.91. The molecular formula is C12H17N3O3. The van der Waals surface area contributed by atoms with Crippen molar-refractivity contribution in [1.82, 2.24) is 5.32 Å². The van der Waals surface area contributed by atoms with E-state index in [1.165, 1.54) is 12.1 Å². The van der Waals surface area contributed by atoms with E-state index in [1.807, 2.05) is 0 Å². The Labute approximate surface area is 105 Å². The van der Waals surface area contributed by atoms with Crippen molar-refractivity contribution in [1.29, 1.82) is 0 Å². The van der Waals surface area contributed by atoms with Crippen LogP contribution >= 0.6 is 0 Å². The lowest BCUT2D eigenvalue weighted by atomic mass is 10.1. The molecular weight excluding hydrogens is 234 g/mol. The van der Waals surface area contributed by atoms with Gasteiger partial charge in [-0.1, -0.05) is 6.07 Å². The zero-order valence-electron chi connectivity index (χ0n) is 10.7. The lowest BCUT2D eigenvalue weighted by Gasteiger charge is -2.19. The quantitative estimate of drug-likeness (QED) is 0.623. The van der Waals surface area contributed by atoms with E-state index in [9.17, 15) is 14.9 Å². The maximum Gasteiger partial charge on any atom is 0.270 e. The van der Waals surface area contributed by atoms with Crippen molar-refractivity contribution < 1.29 is 9.72 Å². The Morgan fingerprint density at radius 1 is 1.50 bits per heavy atom. The van der Waals surface area contributed by atoms with Gasteiger partial charge in [0.05, 0.1) is 4.92 Å². The van der Waals surface area contributed by atoms with Crippen LogP contribution in [0.15, 0.2) is 18.2 Å². The van der Waals surface area contributed by atoms with E-state index in [4.69, 9.17) is 5.73 Å². The van der Waals surface area contributed by atoms with Crippen LogP contribution in [-0.4, -0.2) is 22.9 Å². The third-order valence-corrected chi connectivity index (χ3v) is 2.38. The van der Waals surface area contributed by atoms with E-state index in [0.717, 1.165) is 0 Å². The summed E-state index contributed by atoms with van der Waals surface area (Å²) >= 11 is 0. The Morgan fingerprint density at radius 3 is 2.61 bits per heavy atom. The van der Waals surface area contributed by atoms with Crippen LogP contribution in [0.5, 0.6) is 0 Å². The number of benzene rings is 1. The number of nitrogens with two attached hydrogens (primary N) is 1. The van der Waals surface area contributed by atoms with Gasteiger partial charge in [-0.25, -0.2) is 0 Å². The molecule has 98 valence electrons. The van der Waals surface area contributed by atoms with Gasteiger partial charge in [-0.05, 0) is 26.3 Å². The summed E-state index contributed by atoms with van der Waals surface area (Å²) in [5.74, 6) is -0.352. The number of hydrogen-bond donors (Lipinski definition) is 2. The minimum Gasteiger partial charge on any atom is -0.350 e. The van der Waals surface area contributed by atoms with E-state index in [1.54, 1.807) is 26.8 Å². The summed E-state index contributed by atoms with van der Waals surface area (Å²) in [6.07, 6.45) is 0. The predicted octanol–water partition coefficient (Wildman–Crippen LogP) is 1.37. The molecule has 0 heterocycles. The molecule has 0 spiro atoms. The van der Waals surface area contributed by atoms with Crippen molar-refractivity contribution >= 4 is 11.6 Å². The van der Waals surface area contributed by atoms with Crippen LogP contribution < -0.4 is 11.1 Å². The van der Waals surface area contributed by atoms with Gasteiger partial charge in [0.25, 0.3) is 11.6 Å². The smallest absolute Gasteiger partial charge is 0.270 e. The van der Waals surface area contributed by atoms with Crippen LogP contribution in [0.2, 0.25) is 0 Å². The molecule has 0 aliphatic heterocycles. The number of nitro groups is 1. The lowest BCUT2D eigenvalue weighted by molar-refractivity contribution is -0.384. The second kappa shape index (κ2) is 5.14. The van der Waals surface area contributed by atoms with Gasteiger partial charge >= 0.3 is 0 Å². The van der Waals surface area contributed by atoms with E-state index < -0.39 is 10.5 Å². The second-order valence-corrected chi connectivity index (χ2v) is 4.93. The molecule has 1 rings (SSSR count). The average Bonchev–Trinajstić information content (AvgIpc) is 2.25. The molecule has 3 N–H and O–H groups in total. The number of nitrogens with zero attached hydrogens (tertiary/aromatic N) is 1. The fraction of sp³-hybridized carbons (Fsp3) is 0.417. The maximum absolute atomic E-state index is 11.9. The minimum atomic E-state index is -0.525. The molecule has 0 aromatic heterocycles. The molecule has 0 unspecified atom stereocenters. The van der Waals surface area contributed by atoms with Crippen LogP contribution in [-0.2, 0) is 0 Å². The van der Waals surface area contributed by atoms with Crippen LogP contribution in [0.4, 0.5) is 5.69 Å². The third-order valence-electron chi connectivity index (χ3n) is 2.38. The molecule has 0 aliphatic carbocycles. The van der Waals surface area contributed by atoms with Gasteiger partial charge in [0.15, 0.2) is 0 Å². The number of amides is 1. The SMILES string of the molecule is Cc1ccc([N+](=O)[O-])cc1C(=O)NCC(C)(C)N. The Bertz CT molecular complexity index is 478. The Hall–Kier alpha value is -1.95. The Morgan fingerprint density at radius 2 is 2.11 bits per heavy atom. The zero-order valence-corrected chi connectivity index (χ0v) is 10.7. The molecule has 1 aromatic carbocycles. The van der Waals surface area contributed by atoms with Gasteiger partial charge in [0.2, 0.25) is 0 Å². The highest BCUT2D eigenvalue weighted by Crippen LogP contribution is 2.17. The molecule has 1 amide bonds. The van der Waals surface area contributed by atoms with Crippen LogP contribution in [0.25, 0.3) is 0 Å². The summed E-state index contributed by atoms with van der Waals surface area (Å²) in [7, 11) is 0. The van der Waals surface area contributed by atoms with E-state index in [2.05, 4.69) is 5.32 Å². The summed E-state index contributed by atoms with van der Waals surface area (Å²) < 4.78 is 0. The predicted molar refractivity (Wildman–Crippen MR) is 68.4 cm³/mol. The second-order valence-electron chi connectivity index (χ2n) is 4.93. The third kappa shape index (κ3) is 3.81. The normalized spacial score (nSPS) is 11.1. The molecule has 0 bridgehead atoms. The maximum atomic E-state index is 11.9. The van der Waals surface area contributed by atoms with Gasteiger partial charge in [-0.3, -0.25) is 14.9 Å². The number of hydrogen-bond acceptors (Lipinski definition) is 4. The highest BCUT2D eigenvalue weighted by atomic mass is 16.6. The van der Waals surface area contributed by atoms with Crippen molar-refractivity contribution in [3.8, 4) is 0 Å². The van der Waals surface area contributed by atoms with E-state index in [0.29, 0.717) is 17.7 Å². The molecule has 0 saturated heterocycles. The fourth-order valence-electron chi connectivity index (χ4n) is 1.37. The largest absolute Gasteiger partial charge is 0.350 e. The van der Waals surface area contributed by atoms with Crippen molar-refractivity contribution in [2.45, 2.75) is 26.3 Å². The first-order valence-electron chi connectivity index (χ1n) is 5.53. The summed E-state index contributed by atoms with van der Waals surface area (Å²) in [4.78, 5) is 22.0. The summed E-state index contributed by atoms with van der Waals surface area (Å²) in [6, 6.07) is 4.20. The number of nitrogens with one attached hydrogen (secondary N) is 1. The summed E-state index contributed by atoms with van der Waals surface area (Å²) in [5, 5.41) is 13.3. The van der Waals surface area contributed by atoms with Gasteiger partial charge in [0, 0.05) is 29.8 Å². The molecule has 0 atom stereocenters. The highest BCUT2D eigenvalue weighted by Gasteiger charge is 2.17. The average molecular weight is 251 g/mol. The molecule has 18 heavy (non-hydrogen) atoms. The number of rotatable bonds is 4. The molecule has 6 heteroatoms. The topological polar surface area (TPSA) is 98.3 Å². The molecule has 0 saturated carbocycles. The lowest BCUT2D eigenvalue weighted by Crippen LogP contribution is -2.45. The van der Waals surface area contributed by atoms with Gasteiger partial charge in [-0.15, -0.1) is 0 Å². The van der Waals surface area contributed by atoms with Crippen molar-refractivity contribution in [2.75, 3.05) is 6.54 Å². The summed E-state index contributed by atoms with van der Waals surface area (Å²) in [6.45, 7) is 5.60. The van der Waals surface area contributed by atoms with Gasteiger partial charge in [-0.2, -0.15) is 0 Å². The van der Waals surface area contributed by atoms with Crippen LogP contribution in [0, 0.1) is 17.0 Å². The van der Waals surface area contributed by atoms with E-state index >= 15 is 0 Å². The molecule has 0 aliphatic rings. The first-order valence-corrected chi connectivity index (χ1v) is 5.53. The molecule has 6 nitrogen and oxygen atoms in total. The van der Waals surface area contributed by atoms with Crippen LogP contribution in [0.1, 0.15) is 29.8 Å². The minimum absolute atomic E-state index is 0.0993. The first kappa shape index (κ1) is 14.1. The Kier molecular flexibility index (Phi) is 4.03.